The first-order valence-electron chi connectivity index (χ1n) is 6.60. The van der Waals surface area contributed by atoms with E-state index in [2.05, 4.69) is 18.8 Å². The Labute approximate surface area is 118 Å². The summed E-state index contributed by atoms with van der Waals surface area (Å²) in [6.07, 6.45) is 1.95. The number of ether oxygens (including phenoxy) is 1. The molecule has 1 saturated heterocycles. The largest absolute Gasteiger partial charge is 0.479 e. The van der Waals surface area contributed by atoms with Gasteiger partial charge in [-0.05, 0) is 24.0 Å². The number of carboxylic acid groups (broad SMARTS) is 1. The van der Waals surface area contributed by atoms with Crippen LogP contribution in [0.25, 0.3) is 0 Å². The Balaban J connectivity index is 2.21. The summed E-state index contributed by atoms with van der Waals surface area (Å²) in [7, 11) is 0. The lowest BCUT2D eigenvalue weighted by molar-refractivity contribution is -0.139. The first kappa shape index (κ1) is 14.6. The highest BCUT2D eigenvalue weighted by Gasteiger charge is 2.33. The summed E-state index contributed by atoms with van der Waals surface area (Å²) in [5.74, 6) is -0.0146. The first-order valence-corrected chi connectivity index (χ1v) is 6.60. The van der Waals surface area contributed by atoms with Crippen LogP contribution >= 0.6 is 0 Å². The van der Waals surface area contributed by atoms with Gasteiger partial charge in [0.25, 0.3) is 0 Å². The topological polar surface area (TPSA) is 82.9 Å². The summed E-state index contributed by atoms with van der Waals surface area (Å²) in [6, 6.07) is 3.39. The number of carbonyl (C=O) groups is 1. The second-order valence-corrected chi connectivity index (χ2v) is 5.91. The average molecular weight is 280 g/mol. The molecule has 0 radical (unpaired) electrons. The summed E-state index contributed by atoms with van der Waals surface area (Å²) in [5, 5.41) is 18.7. The van der Waals surface area contributed by atoms with Crippen LogP contribution in [0.5, 0.6) is 5.75 Å². The van der Waals surface area contributed by atoms with Gasteiger partial charge in [0.1, 0.15) is 0 Å². The monoisotopic (exact) mass is 280 g/mol. The lowest BCUT2D eigenvalue weighted by Crippen LogP contribution is -2.47. The third kappa shape index (κ3) is 3.60. The molecule has 1 aromatic heterocycles. The summed E-state index contributed by atoms with van der Waals surface area (Å²) in [4.78, 5) is 16.8. The van der Waals surface area contributed by atoms with E-state index in [1.165, 1.54) is 0 Å². The number of hydrogen-bond donors (Lipinski definition) is 2. The van der Waals surface area contributed by atoms with Gasteiger partial charge in [-0.1, -0.05) is 13.8 Å². The van der Waals surface area contributed by atoms with Gasteiger partial charge >= 0.3 is 5.97 Å². The van der Waals surface area contributed by atoms with Gasteiger partial charge in [-0.3, -0.25) is 0 Å². The minimum absolute atomic E-state index is 0.0285. The quantitative estimate of drug-likeness (QED) is 0.860. The number of aliphatic hydroxyl groups excluding tert-OH is 1. The zero-order chi connectivity index (χ0) is 14.8. The molecule has 2 heterocycles. The lowest BCUT2D eigenvalue weighted by atomic mass is 9.83. The summed E-state index contributed by atoms with van der Waals surface area (Å²) in [6.45, 7) is 4.99. The standard InChI is InChI=1S/C14H20N2O4/c1-14(2)6-10(17)7-16(9-14)13-11(4-3-5-15-13)20-8-12(18)19/h3-5,10,17H,6-9H2,1-2H3,(H,18,19). The average Bonchev–Trinajstić information content (AvgIpc) is 2.34. The fourth-order valence-electron chi connectivity index (χ4n) is 2.64. The molecule has 110 valence electrons. The first-order chi connectivity index (χ1) is 9.37. The number of aromatic nitrogens is 1. The Morgan fingerprint density at radius 1 is 1.60 bits per heavy atom. The molecule has 2 rings (SSSR count). The Bertz CT molecular complexity index is 490. The number of pyridine rings is 1. The number of nitrogens with zero attached hydrogens (tertiary/aromatic N) is 2. The molecular weight excluding hydrogens is 260 g/mol. The normalized spacial score (nSPS) is 21.6. The second kappa shape index (κ2) is 5.66. The third-order valence-corrected chi connectivity index (χ3v) is 3.24. The van der Waals surface area contributed by atoms with Crippen LogP contribution in [0.3, 0.4) is 0 Å². The van der Waals surface area contributed by atoms with Crippen LogP contribution in [0.4, 0.5) is 5.82 Å². The van der Waals surface area contributed by atoms with E-state index in [0.29, 0.717) is 18.1 Å². The number of aliphatic carboxylic acids is 1. The maximum absolute atomic E-state index is 10.6. The molecule has 1 aliphatic heterocycles. The highest BCUT2D eigenvalue weighted by molar-refractivity contribution is 5.69. The predicted octanol–water partition coefficient (Wildman–Crippen LogP) is 1.14. The Kier molecular flexibility index (Phi) is 4.13. The molecule has 1 atom stereocenters. The van der Waals surface area contributed by atoms with Crippen LogP contribution < -0.4 is 9.64 Å². The highest BCUT2D eigenvalue weighted by atomic mass is 16.5. The number of piperidine rings is 1. The van der Waals surface area contributed by atoms with E-state index >= 15 is 0 Å². The van der Waals surface area contributed by atoms with Crippen LogP contribution in [0.2, 0.25) is 0 Å². The highest BCUT2D eigenvalue weighted by Crippen LogP contribution is 2.34. The second-order valence-electron chi connectivity index (χ2n) is 5.91. The molecule has 6 heteroatoms. The van der Waals surface area contributed by atoms with Crippen LogP contribution in [-0.2, 0) is 4.79 Å². The summed E-state index contributed by atoms with van der Waals surface area (Å²) >= 11 is 0. The molecular formula is C14H20N2O4. The van der Waals surface area contributed by atoms with E-state index in [-0.39, 0.29) is 5.41 Å². The number of rotatable bonds is 4. The van der Waals surface area contributed by atoms with E-state index in [9.17, 15) is 9.90 Å². The molecule has 0 aliphatic carbocycles. The van der Waals surface area contributed by atoms with E-state index in [1.54, 1.807) is 18.3 Å². The third-order valence-electron chi connectivity index (χ3n) is 3.24. The van der Waals surface area contributed by atoms with Crippen molar-refractivity contribution >= 4 is 11.8 Å². The molecule has 2 N–H and O–H groups in total. The lowest BCUT2D eigenvalue weighted by Gasteiger charge is -2.41. The molecule has 1 aliphatic rings. The van der Waals surface area contributed by atoms with E-state index in [1.807, 2.05) is 4.90 Å². The molecule has 0 amide bonds. The van der Waals surface area contributed by atoms with E-state index in [0.717, 1.165) is 13.0 Å². The molecule has 0 saturated carbocycles. The van der Waals surface area contributed by atoms with Crippen molar-refractivity contribution in [3.8, 4) is 5.75 Å². The fourth-order valence-corrected chi connectivity index (χ4v) is 2.64. The van der Waals surface area contributed by atoms with Gasteiger partial charge in [-0.2, -0.15) is 0 Å². The van der Waals surface area contributed by atoms with Crippen LogP contribution in [-0.4, -0.2) is 47.0 Å². The van der Waals surface area contributed by atoms with Gasteiger partial charge in [-0.15, -0.1) is 0 Å². The van der Waals surface area contributed by atoms with Crippen molar-refractivity contribution in [2.75, 3.05) is 24.6 Å². The number of hydrogen-bond acceptors (Lipinski definition) is 5. The van der Waals surface area contributed by atoms with Gasteiger partial charge in [0.05, 0.1) is 6.10 Å². The number of carboxylic acids is 1. The SMILES string of the molecule is CC1(C)CC(O)CN(c2ncccc2OCC(=O)O)C1. The molecule has 0 spiro atoms. The van der Waals surface area contributed by atoms with E-state index in [4.69, 9.17) is 9.84 Å². The molecule has 0 bridgehead atoms. The molecule has 6 nitrogen and oxygen atoms in total. The van der Waals surface area contributed by atoms with Crippen molar-refractivity contribution in [2.45, 2.75) is 26.4 Å². The summed E-state index contributed by atoms with van der Waals surface area (Å²) < 4.78 is 5.27. The molecule has 20 heavy (non-hydrogen) atoms. The molecule has 0 aromatic carbocycles. The number of aliphatic hydroxyl groups is 1. The van der Waals surface area contributed by atoms with Crippen LogP contribution in [0, 0.1) is 5.41 Å². The fraction of sp³-hybridized carbons (Fsp3) is 0.571. The van der Waals surface area contributed by atoms with E-state index < -0.39 is 18.7 Å². The maximum atomic E-state index is 10.6. The predicted molar refractivity (Wildman–Crippen MR) is 74.0 cm³/mol. The van der Waals surface area contributed by atoms with Crippen molar-refractivity contribution in [1.29, 1.82) is 0 Å². The van der Waals surface area contributed by atoms with Gasteiger partial charge in [0.2, 0.25) is 0 Å². The Morgan fingerprint density at radius 3 is 3.00 bits per heavy atom. The van der Waals surface area contributed by atoms with Crippen molar-refractivity contribution in [3.63, 3.8) is 0 Å². The van der Waals surface area contributed by atoms with Crippen molar-refractivity contribution in [1.82, 2.24) is 4.98 Å². The maximum Gasteiger partial charge on any atom is 0.341 e. The minimum atomic E-state index is -1.03. The van der Waals surface area contributed by atoms with Crippen molar-refractivity contribution < 1.29 is 19.7 Å². The van der Waals surface area contributed by atoms with Crippen LogP contribution in [0.15, 0.2) is 18.3 Å². The van der Waals surface area contributed by atoms with Gasteiger partial charge < -0.3 is 19.8 Å². The molecule has 1 fully saturated rings. The van der Waals surface area contributed by atoms with Gasteiger partial charge in [-0.25, -0.2) is 9.78 Å². The Morgan fingerprint density at radius 2 is 2.35 bits per heavy atom. The van der Waals surface area contributed by atoms with Crippen molar-refractivity contribution in [2.24, 2.45) is 5.41 Å². The zero-order valence-electron chi connectivity index (χ0n) is 11.7. The smallest absolute Gasteiger partial charge is 0.341 e. The van der Waals surface area contributed by atoms with Crippen molar-refractivity contribution in [3.05, 3.63) is 18.3 Å². The summed E-state index contributed by atoms with van der Waals surface area (Å²) in [5.41, 5.74) is -0.0285. The van der Waals surface area contributed by atoms with Crippen LogP contribution in [0.1, 0.15) is 20.3 Å². The molecule has 1 aromatic rings. The minimum Gasteiger partial charge on any atom is -0.479 e. The Hall–Kier alpha value is -1.82. The van der Waals surface area contributed by atoms with Gasteiger partial charge in [0.15, 0.2) is 18.2 Å². The number of β-amino-alcohol motifs (C(OH)–C–C–N with tert-alkyl or cyclic N) is 1. The number of anilines is 1. The van der Waals surface area contributed by atoms with Gasteiger partial charge in [0, 0.05) is 19.3 Å². The zero-order valence-corrected chi connectivity index (χ0v) is 11.7. The molecule has 1 unspecified atom stereocenters.